The lowest BCUT2D eigenvalue weighted by Crippen LogP contribution is -2.17. The normalized spacial score (nSPS) is 10.1. The number of benzene rings is 1. The molecule has 0 saturated carbocycles. The lowest BCUT2D eigenvalue weighted by molar-refractivity contribution is -0.118. The van der Waals surface area contributed by atoms with Crippen LogP contribution in [0, 0.1) is 5.92 Å². The molecule has 0 atom stereocenters. The summed E-state index contributed by atoms with van der Waals surface area (Å²) in [6.07, 6.45) is -1.30. The molecular formula is C12H15NO4. The number of amides is 1. The van der Waals surface area contributed by atoms with E-state index < -0.39 is 6.16 Å². The predicted molar refractivity (Wildman–Crippen MR) is 62.7 cm³/mol. The van der Waals surface area contributed by atoms with Crippen LogP contribution in [-0.4, -0.2) is 17.2 Å². The zero-order chi connectivity index (χ0) is 12.8. The van der Waals surface area contributed by atoms with Crippen LogP contribution in [0.4, 0.5) is 10.5 Å². The van der Waals surface area contributed by atoms with Crippen molar-refractivity contribution in [2.45, 2.75) is 20.5 Å². The van der Waals surface area contributed by atoms with E-state index in [1.54, 1.807) is 24.3 Å². The van der Waals surface area contributed by atoms with E-state index in [4.69, 9.17) is 5.11 Å². The molecule has 0 fully saturated rings. The topological polar surface area (TPSA) is 75.6 Å². The quantitative estimate of drug-likeness (QED) is 0.789. The maximum absolute atomic E-state index is 11.4. The fourth-order valence-electron chi connectivity index (χ4n) is 1.12. The first-order chi connectivity index (χ1) is 7.99. The molecular weight excluding hydrogens is 222 g/mol. The van der Waals surface area contributed by atoms with E-state index in [-0.39, 0.29) is 18.4 Å². The molecule has 0 aliphatic heterocycles. The van der Waals surface area contributed by atoms with Gasteiger partial charge in [-0.15, -0.1) is 0 Å². The van der Waals surface area contributed by atoms with Crippen LogP contribution in [0.2, 0.25) is 0 Å². The summed E-state index contributed by atoms with van der Waals surface area (Å²) in [6, 6.07) is 6.83. The zero-order valence-corrected chi connectivity index (χ0v) is 9.77. The molecule has 0 aromatic heterocycles. The number of rotatable bonds is 4. The first-order valence-corrected chi connectivity index (χ1v) is 5.24. The van der Waals surface area contributed by atoms with Crippen LogP contribution < -0.4 is 5.32 Å². The molecule has 0 radical (unpaired) electrons. The minimum atomic E-state index is -1.30. The Balaban J connectivity index is 2.56. The van der Waals surface area contributed by atoms with Gasteiger partial charge < -0.3 is 15.2 Å². The van der Waals surface area contributed by atoms with E-state index in [0.29, 0.717) is 5.69 Å². The number of carbonyl (C=O) groups is 2. The van der Waals surface area contributed by atoms with Crippen LogP contribution in [0.25, 0.3) is 0 Å². The summed E-state index contributed by atoms with van der Waals surface area (Å²) < 4.78 is 4.42. The van der Waals surface area contributed by atoms with Crippen molar-refractivity contribution < 1.29 is 19.4 Å². The first kappa shape index (κ1) is 13.0. The van der Waals surface area contributed by atoms with E-state index in [9.17, 15) is 9.59 Å². The van der Waals surface area contributed by atoms with Crippen LogP contribution in [0.5, 0.6) is 0 Å². The minimum absolute atomic E-state index is 0.00768. The number of carbonyl (C=O) groups excluding carboxylic acids is 1. The smallest absolute Gasteiger partial charge is 0.450 e. The Bertz CT molecular complexity index is 397. The van der Waals surface area contributed by atoms with Gasteiger partial charge in [-0.25, -0.2) is 4.79 Å². The number of anilines is 1. The van der Waals surface area contributed by atoms with Gasteiger partial charge in [0.25, 0.3) is 0 Å². The van der Waals surface area contributed by atoms with E-state index in [2.05, 4.69) is 10.1 Å². The highest BCUT2D eigenvalue weighted by atomic mass is 16.7. The maximum Gasteiger partial charge on any atom is 0.506 e. The predicted octanol–water partition coefficient (Wildman–Crippen LogP) is 2.48. The number of hydrogen-bond donors (Lipinski definition) is 2. The number of carboxylic acid groups (broad SMARTS) is 1. The van der Waals surface area contributed by atoms with Crippen molar-refractivity contribution in [1.29, 1.82) is 0 Å². The Morgan fingerprint density at radius 2 is 1.88 bits per heavy atom. The lowest BCUT2D eigenvalue weighted by atomic mass is 10.2. The van der Waals surface area contributed by atoms with E-state index >= 15 is 0 Å². The molecule has 92 valence electrons. The van der Waals surface area contributed by atoms with Gasteiger partial charge in [-0.3, -0.25) is 4.79 Å². The summed E-state index contributed by atoms with van der Waals surface area (Å²) in [7, 11) is 0. The summed E-state index contributed by atoms with van der Waals surface area (Å²) in [5, 5.41) is 11.1. The van der Waals surface area contributed by atoms with Crippen molar-refractivity contribution >= 4 is 17.7 Å². The summed E-state index contributed by atoms with van der Waals surface area (Å²) in [4.78, 5) is 21.6. The van der Waals surface area contributed by atoms with Crippen molar-refractivity contribution in [1.82, 2.24) is 0 Å². The third kappa shape index (κ3) is 4.55. The van der Waals surface area contributed by atoms with E-state index in [0.717, 1.165) is 5.56 Å². The fourth-order valence-corrected chi connectivity index (χ4v) is 1.12. The maximum atomic E-state index is 11.4. The van der Waals surface area contributed by atoms with Gasteiger partial charge in [-0.1, -0.05) is 26.0 Å². The number of ether oxygens (including phenoxy) is 1. The highest BCUT2D eigenvalue weighted by Gasteiger charge is 2.06. The molecule has 17 heavy (non-hydrogen) atoms. The minimum Gasteiger partial charge on any atom is -0.450 e. The van der Waals surface area contributed by atoms with Gasteiger partial charge in [0.15, 0.2) is 0 Å². The molecule has 0 unspecified atom stereocenters. The van der Waals surface area contributed by atoms with Crippen LogP contribution in [0.15, 0.2) is 24.3 Å². The van der Waals surface area contributed by atoms with Gasteiger partial charge in [0, 0.05) is 11.6 Å². The highest BCUT2D eigenvalue weighted by molar-refractivity contribution is 5.92. The summed E-state index contributed by atoms with van der Waals surface area (Å²) in [5.74, 6) is -0.135. The molecule has 0 bridgehead atoms. The Morgan fingerprint density at radius 3 is 2.35 bits per heavy atom. The van der Waals surface area contributed by atoms with E-state index in [1.807, 2.05) is 13.8 Å². The molecule has 0 spiro atoms. The largest absolute Gasteiger partial charge is 0.506 e. The monoisotopic (exact) mass is 237 g/mol. The Labute approximate surface area is 99.4 Å². The van der Waals surface area contributed by atoms with Crippen LogP contribution in [0.3, 0.4) is 0 Å². The van der Waals surface area contributed by atoms with Gasteiger partial charge in [0.2, 0.25) is 5.91 Å². The molecule has 1 amide bonds. The van der Waals surface area contributed by atoms with E-state index in [1.165, 1.54) is 0 Å². The molecule has 1 aromatic carbocycles. The third-order valence-corrected chi connectivity index (χ3v) is 2.11. The average molecular weight is 237 g/mol. The second-order valence-corrected chi connectivity index (χ2v) is 3.90. The van der Waals surface area contributed by atoms with Gasteiger partial charge in [0.1, 0.15) is 6.61 Å². The molecule has 1 rings (SSSR count). The third-order valence-electron chi connectivity index (χ3n) is 2.11. The highest BCUT2D eigenvalue weighted by Crippen LogP contribution is 2.11. The zero-order valence-electron chi connectivity index (χ0n) is 9.77. The Morgan fingerprint density at radius 1 is 1.29 bits per heavy atom. The standard InChI is InChI=1S/C12H15NO4/c1-8(2)11(14)13-10-5-3-9(4-6-10)7-17-12(15)16/h3-6,8H,7H2,1-2H3,(H,13,14)(H,15,16). The van der Waals surface area contributed by atoms with Crippen LogP contribution in [-0.2, 0) is 16.1 Å². The number of hydrogen-bond acceptors (Lipinski definition) is 3. The number of nitrogens with one attached hydrogen (secondary N) is 1. The average Bonchev–Trinajstić information content (AvgIpc) is 2.28. The lowest BCUT2D eigenvalue weighted by Gasteiger charge is -2.08. The van der Waals surface area contributed by atoms with Crippen molar-refractivity contribution in [3.63, 3.8) is 0 Å². The molecule has 0 heterocycles. The Kier molecular flexibility index (Phi) is 4.51. The van der Waals surface area contributed by atoms with Crippen LogP contribution in [0.1, 0.15) is 19.4 Å². The summed E-state index contributed by atoms with van der Waals surface area (Å²) in [6.45, 7) is 3.63. The first-order valence-electron chi connectivity index (χ1n) is 5.24. The second kappa shape index (κ2) is 5.89. The molecule has 0 aliphatic carbocycles. The summed E-state index contributed by atoms with van der Waals surface area (Å²) in [5.41, 5.74) is 1.41. The molecule has 5 heteroatoms. The van der Waals surface area contributed by atoms with Gasteiger partial charge in [-0.2, -0.15) is 0 Å². The Hall–Kier alpha value is -2.04. The molecule has 5 nitrogen and oxygen atoms in total. The van der Waals surface area contributed by atoms with Crippen LogP contribution >= 0.6 is 0 Å². The van der Waals surface area contributed by atoms with Crippen molar-refractivity contribution in [2.75, 3.05) is 5.32 Å². The fraction of sp³-hybridized carbons (Fsp3) is 0.333. The molecule has 1 aromatic rings. The van der Waals surface area contributed by atoms with Gasteiger partial charge >= 0.3 is 6.16 Å². The summed E-state index contributed by atoms with van der Waals surface area (Å²) >= 11 is 0. The van der Waals surface area contributed by atoms with Gasteiger partial charge in [0.05, 0.1) is 0 Å². The molecule has 0 aliphatic rings. The molecule has 0 saturated heterocycles. The van der Waals surface area contributed by atoms with Gasteiger partial charge in [-0.05, 0) is 17.7 Å². The van der Waals surface area contributed by atoms with Crippen molar-refractivity contribution in [3.05, 3.63) is 29.8 Å². The molecule has 2 N–H and O–H groups in total. The SMILES string of the molecule is CC(C)C(=O)Nc1ccc(COC(=O)O)cc1. The van der Waals surface area contributed by atoms with Crippen molar-refractivity contribution in [3.8, 4) is 0 Å². The second-order valence-electron chi connectivity index (χ2n) is 3.90. The van der Waals surface area contributed by atoms with Crippen molar-refractivity contribution in [2.24, 2.45) is 5.92 Å².